The van der Waals surface area contributed by atoms with Gasteiger partial charge in [0.05, 0.1) is 6.10 Å². The third-order valence-corrected chi connectivity index (χ3v) is 8.65. The minimum atomic E-state index is -0.269. The molecule has 0 aromatic rings. The van der Waals surface area contributed by atoms with Crippen LogP contribution < -0.4 is 0 Å². The van der Waals surface area contributed by atoms with E-state index in [1.54, 1.807) is 0 Å². The van der Waals surface area contributed by atoms with Gasteiger partial charge in [-0.25, -0.2) is 0 Å². The van der Waals surface area contributed by atoms with E-state index in [4.69, 9.17) is 4.74 Å². The van der Waals surface area contributed by atoms with Crippen LogP contribution in [0.1, 0.15) is 72.1 Å². The molecule has 4 fully saturated rings. The van der Waals surface area contributed by atoms with Gasteiger partial charge in [0, 0.05) is 24.7 Å². The number of hydrogen-bond donors (Lipinski definition) is 1. The van der Waals surface area contributed by atoms with Crippen molar-refractivity contribution in [3.05, 3.63) is 0 Å². The molecule has 140 valence electrons. The number of aliphatic hydroxyl groups excluding tert-OH is 1. The molecule has 0 aromatic carbocycles. The molecular weight excluding hydrogens is 316 g/mol. The van der Waals surface area contributed by atoms with Crippen LogP contribution in [-0.2, 0) is 14.3 Å². The topological polar surface area (TPSA) is 63.6 Å². The van der Waals surface area contributed by atoms with E-state index >= 15 is 0 Å². The highest BCUT2D eigenvalue weighted by atomic mass is 16.5. The van der Waals surface area contributed by atoms with Crippen LogP contribution >= 0.6 is 0 Å². The van der Waals surface area contributed by atoms with Gasteiger partial charge in [-0.3, -0.25) is 9.59 Å². The van der Waals surface area contributed by atoms with Crippen molar-refractivity contribution in [1.29, 1.82) is 0 Å². The van der Waals surface area contributed by atoms with Crippen molar-refractivity contribution in [2.75, 3.05) is 0 Å². The quantitative estimate of drug-likeness (QED) is 0.737. The SMILES string of the molecule is CC(=O)O[C@H]1C[C@@H]2[C@H](CC[C@]3(C)C(=O)CC[C@@H]23)[C@@]2(C)CC[C@H](O)C[C@H]12. The zero-order chi connectivity index (χ0) is 18.0. The van der Waals surface area contributed by atoms with E-state index < -0.39 is 0 Å². The predicted octanol–water partition coefficient (Wildman–Crippen LogP) is 3.50. The van der Waals surface area contributed by atoms with Crippen molar-refractivity contribution in [3.63, 3.8) is 0 Å². The number of ether oxygens (including phenoxy) is 1. The molecule has 4 aliphatic carbocycles. The van der Waals surface area contributed by atoms with Gasteiger partial charge in [0.25, 0.3) is 0 Å². The predicted molar refractivity (Wildman–Crippen MR) is 93.7 cm³/mol. The average Bonchev–Trinajstić information content (AvgIpc) is 2.84. The smallest absolute Gasteiger partial charge is 0.302 e. The van der Waals surface area contributed by atoms with Crippen LogP contribution in [0.15, 0.2) is 0 Å². The Bertz CT molecular complexity index is 586. The fourth-order valence-corrected chi connectivity index (χ4v) is 7.36. The molecule has 0 spiro atoms. The summed E-state index contributed by atoms with van der Waals surface area (Å²) >= 11 is 0. The van der Waals surface area contributed by atoms with Crippen molar-refractivity contribution in [2.24, 2.45) is 34.5 Å². The number of aliphatic hydroxyl groups is 1. The summed E-state index contributed by atoms with van der Waals surface area (Å²) in [6, 6.07) is 0. The summed E-state index contributed by atoms with van der Waals surface area (Å²) in [5.74, 6) is 2.01. The van der Waals surface area contributed by atoms with E-state index in [1.807, 2.05) is 0 Å². The fourth-order valence-electron chi connectivity index (χ4n) is 7.36. The zero-order valence-electron chi connectivity index (χ0n) is 15.8. The molecule has 4 rings (SSSR count). The van der Waals surface area contributed by atoms with E-state index in [1.165, 1.54) is 6.92 Å². The van der Waals surface area contributed by atoms with Crippen LogP contribution in [0.2, 0.25) is 0 Å². The summed E-state index contributed by atoms with van der Waals surface area (Å²) in [4.78, 5) is 24.3. The lowest BCUT2D eigenvalue weighted by atomic mass is 9.44. The largest absolute Gasteiger partial charge is 0.462 e. The number of Topliss-reactive ketones (excluding diaryl/α,β-unsaturated/α-hetero) is 1. The van der Waals surface area contributed by atoms with Gasteiger partial charge < -0.3 is 9.84 Å². The normalized spacial score (nSPS) is 52.1. The minimum absolute atomic E-state index is 0.100. The molecule has 1 N–H and O–H groups in total. The average molecular weight is 348 g/mol. The molecule has 4 nitrogen and oxygen atoms in total. The van der Waals surface area contributed by atoms with Crippen molar-refractivity contribution < 1.29 is 19.4 Å². The molecular formula is C21H32O4. The maximum absolute atomic E-state index is 12.6. The molecule has 4 saturated carbocycles. The van der Waals surface area contributed by atoms with Gasteiger partial charge in [0.2, 0.25) is 0 Å². The number of esters is 1. The molecule has 0 radical (unpaired) electrons. The van der Waals surface area contributed by atoms with Gasteiger partial charge in [-0.1, -0.05) is 13.8 Å². The van der Waals surface area contributed by atoms with E-state index in [0.717, 1.165) is 51.4 Å². The standard InChI is InChI=1S/C21H32O4/c1-12(22)25-18-11-14-15-4-5-19(24)21(15,3)9-7-16(14)20(2)8-6-13(23)10-17(18)20/h13-18,23H,4-11H2,1-3H3/t13-,14-,15-,16-,17+,18-,20+,21-/m0/s1. The molecule has 0 saturated heterocycles. The summed E-state index contributed by atoms with van der Waals surface area (Å²) in [5, 5.41) is 10.3. The Kier molecular flexibility index (Phi) is 4.06. The second-order valence-corrected chi connectivity index (χ2v) is 9.72. The van der Waals surface area contributed by atoms with Crippen LogP contribution in [0.5, 0.6) is 0 Å². The van der Waals surface area contributed by atoms with Gasteiger partial charge in [-0.05, 0) is 68.1 Å². The second kappa shape index (κ2) is 5.80. The van der Waals surface area contributed by atoms with Crippen molar-refractivity contribution in [1.82, 2.24) is 0 Å². The highest BCUT2D eigenvalue weighted by molar-refractivity contribution is 5.87. The fraction of sp³-hybridized carbons (Fsp3) is 0.905. The number of hydrogen-bond acceptors (Lipinski definition) is 4. The molecule has 0 aromatic heterocycles. The van der Waals surface area contributed by atoms with Gasteiger partial charge in [0.1, 0.15) is 11.9 Å². The van der Waals surface area contributed by atoms with Crippen LogP contribution in [0.4, 0.5) is 0 Å². The van der Waals surface area contributed by atoms with Crippen molar-refractivity contribution in [3.8, 4) is 0 Å². The molecule has 0 bridgehead atoms. The lowest BCUT2D eigenvalue weighted by Gasteiger charge is -2.61. The molecule has 0 heterocycles. The highest BCUT2D eigenvalue weighted by Crippen LogP contribution is 2.65. The number of rotatable bonds is 1. The Morgan fingerprint density at radius 3 is 2.56 bits per heavy atom. The van der Waals surface area contributed by atoms with Crippen LogP contribution in [0.3, 0.4) is 0 Å². The first-order valence-electron chi connectivity index (χ1n) is 10.1. The van der Waals surface area contributed by atoms with Crippen molar-refractivity contribution in [2.45, 2.75) is 84.3 Å². The lowest BCUT2D eigenvalue weighted by Crippen LogP contribution is -2.59. The second-order valence-electron chi connectivity index (χ2n) is 9.72. The van der Waals surface area contributed by atoms with E-state index in [9.17, 15) is 14.7 Å². The molecule has 0 aliphatic heterocycles. The molecule has 0 amide bonds. The Morgan fingerprint density at radius 1 is 1.08 bits per heavy atom. The first kappa shape index (κ1) is 17.5. The number of carbonyl (C=O) groups excluding carboxylic acids is 2. The molecule has 4 aliphatic rings. The third kappa shape index (κ3) is 2.50. The van der Waals surface area contributed by atoms with Gasteiger partial charge >= 0.3 is 5.97 Å². The summed E-state index contributed by atoms with van der Waals surface area (Å²) in [7, 11) is 0. The summed E-state index contributed by atoms with van der Waals surface area (Å²) in [5.41, 5.74) is -0.0332. The van der Waals surface area contributed by atoms with Crippen LogP contribution in [0.25, 0.3) is 0 Å². The van der Waals surface area contributed by atoms with Crippen LogP contribution in [0, 0.1) is 34.5 Å². The lowest BCUT2D eigenvalue weighted by molar-refractivity contribution is -0.190. The Hall–Kier alpha value is -0.900. The Balaban J connectivity index is 1.69. The monoisotopic (exact) mass is 348 g/mol. The summed E-state index contributed by atoms with van der Waals surface area (Å²) < 4.78 is 5.80. The third-order valence-electron chi connectivity index (χ3n) is 8.65. The Morgan fingerprint density at radius 2 is 1.84 bits per heavy atom. The van der Waals surface area contributed by atoms with Gasteiger partial charge in [0.15, 0.2) is 0 Å². The minimum Gasteiger partial charge on any atom is -0.462 e. The van der Waals surface area contributed by atoms with Crippen LogP contribution in [-0.4, -0.2) is 29.1 Å². The van der Waals surface area contributed by atoms with Gasteiger partial charge in [-0.2, -0.15) is 0 Å². The first-order chi connectivity index (χ1) is 11.8. The molecule has 8 atom stereocenters. The summed E-state index contributed by atoms with van der Waals surface area (Å²) in [6.45, 7) is 6.05. The van der Waals surface area contributed by atoms with E-state index in [-0.39, 0.29) is 34.9 Å². The van der Waals surface area contributed by atoms with E-state index in [0.29, 0.717) is 23.5 Å². The Labute approximate surface area is 150 Å². The number of fused-ring (bicyclic) bond motifs is 5. The van der Waals surface area contributed by atoms with E-state index in [2.05, 4.69) is 13.8 Å². The first-order valence-corrected chi connectivity index (χ1v) is 10.1. The zero-order valence-corrected chi connectivity index (χ0v) is 15.8. The number of ketones is 1. The van der Waals surface area contributed by atoms with Gasteiger partial charge in [-0.15, -0.1) is 0 Å². The molecule has 25 heavy (non-hydrogen) atoms. The molecule has 0 unspecified atom stereocenters. The highest BCUT2D eigenvalue weighted by Gasteiger charge is 2.62. The molecule has 4 heteroatoms. The maximum Gasteiger partial charge on any atom is 0.302 e. The maximum atomic E-state index is 12.6. The van der Waals surface area contributed by atoms with Crippen molar-refractivity contribution >= 4 is 11.8 Å². The number of carbonyl (C=O) groups is 2. The summed E-state index contributed by atoms with van der Waals surface area (Å²) in [6.07, 6.45) is 6.97.